The number of rotatable bonds is 5. The predicted molar refractivity (Wildman–Crippen MR) is 74.0 cm³/mol. The molecule has 1 atom stereocenters. The van der Waals surface area contributed by atoms with Crippen LogP contribution in [0, 0.1) is 0 Å². The minimum absolute atomic E-state index is 0.282. The molecule has 0 spiro atoms. The summed E-state index contributed by atoms with van der Waals surface area (Å²) in [5, 5.41) is 0. The Morgan fingerprint density at radius 3 is 3.05 bits per heavy atom. The Labute approximate surface area is 112 Å². The van der Waals surface area contributed by atoms with Crippen molar-refractivity contribution >= 4 is 17.4 Å². The molecule has 0 aliphatic carbocycles. The van der Waals surface area contributed by atoms with E-state index in [1.807, 2.05) is 11.8 Å². The van der Waals surface area contributed by atoms with Crippen LogP contribution in [-0.4, -0.2) is 30.1 Å². The van der Waals surface area contributed by atoms with Gasteiger partial charge in [-0.2, -0.15) is 4.98 Å². The van der Waals surface area contributed by atoms with Gasteiger partial charge >= 0.3 is 0 Å². The third-order valence-corrected chi connectivity index (χ3v) is 3.19. The van der Waals surface area contributed by atoms with E-state index in [2.05, 4.69) is 4.98 Å². The van der Waals surface area contributed by atoms with Gasteiger partial charge in [-0.25, -0.2) is 0 Å². The Kier molecular flexibility index (Phi) is 4.09. The second-order valence-electron chi connectivity index (χ2n) is 4.67. The lowest BCUT2D eigenvalue weighted by atomic mass is 10.2. The number of aromatic nitrogens is 1. The first-order valence-electron chi connectivity index (χ1n) is 6.58. The lowest BCUT2D eigenvalue weighted by Gasteiger charge is -2.23. The van der Waals surface area contributed by atoms with E-state index >= 15 is 0 Å². The molecule has 1 saturated heterocycles. The minimum Gasteiger partial charge on any atom is -0.476 e. The number of anilines is 2. The average molecular weight is 264 g/mol. The van der Waals surface area contributed by atoms with Crippen molar-refractivity contribution in [3.05, 3.63) is 12.1 Å². The summed E-state index contributed by atoms with van der Waals surface area (Å²) in [6.45, 7) is 3.36. The number of amides is 1. The SMILES string of the molecule is CCCOc1nc(N2CCCC2C(N)=O)ccc1N. The molecule has 4 N–H and O–H groups in total. The molecule has 0 bridgehead atoms. The molecule has 0 radical (unpaired) electrons. The number of hydrogen-bond donors (Lipinski definition) is 2. The topological polar surface area (TPSA) is 94.5 Å². The highest BCUT2D eigenvalue weighted by atomic mass is 16.5. The highest BCUT2D eigenvalue weighted by molar-refractivity contribution is 5.84. The number of nitrogens with zero attached hydrogens (tertiary/aromatic N) is 2. The van der Waals surface area contributed by atoms with E-state index < -0.39 is 0 Å². The number of carbonyl (C=O) groups is 1. The summed E-state index contributed by atoms with van der Waals surface area (Å²) in [6.07, 6.45) is 2.59. The molecular formula is C13H20N4O2. The molecule has 1 fully saturated rings. The molecule has 1 unspecified atom stereocenters. The first-order valence-corrected chi connectivity index (χ1v) is 6.58. The van der Waals surface area contributed by atoms with Gasteiger partial charge in [0, 0.05) is 6.54 Å². The average Bonchev–Trinajstić information content (AvgIpc) is 2.87. The van der Waals surface area contributed by atoms with Crippen LogP contribution in [0.3, 0.4) is 0 Å². The molecule has 0 saturated carbocycles. The zero-order valence-electron chi connectivity index (χ0n) is 11.1. The second-order valence-corrected chi connectivity index (χ2v) is 4.67. The molecule has 1 aliphatic heterocycles. The third kappa shape index (κ3) is 2.89. The van der Waals surface area contributed by atoms with Crippen molar-refractivity contribution in [1.29, 1.82) is 0 Å². The smallest absolute Gasteiger partial charge is 0.240 e. The number of primary amides is 1. The number of carbonyl (C=O) groups excluding carboxylic acids is 1. The highest BCUT2D eigenvalue weighted by Crippen LogP contribution is 2.28. The van der Waals surface area contributed by atoms with Gasteiger partial charge in [0.15, 0.2) is 0 Å². The van der Waals surface area contributed by atoms with Gasteiger partial charge in [-0.1, -0.05) is 6.92 Å². The lowest BCUT2D eigenvalue weighted by Crippen LogP contribution is -2.40. The Hall–Kier alpha value is -1.98. The molecule has 1 amide bonds. The van der Waals surface area contributed by atoms with E-state index in [-0.39, 0.29) is 11.9 Å². The van der Waals surface area contributed by atoms with Crippen LogP contribution in [0.25, 0.3) is 0 Å². The van der Waals surface area contributed by atoms with E-state index in [0.717, 1.165) is 25.8 Å². The van der Waals surface area contributed by atoms with Crippen LogP contribution in [-0.2, 0) is 4.79 Å². The zero-order chi connectivity index (χ0) is 13.8. The number of ether oxygens (including phenoxy) is 1. The van der Waals surface area contributed by atoms with Gasteiger partial charge in [-0.05, 0) is 31.4 Å². The lowest BCUT2D eigenvalue weighted by molar-refractivity contribution is -0.119. The van der Waals surface area contributed by atoms with Gasteiger partial charge in [-0.15, -0.1) is 0 Å². The molecule has 0 aromatic carbocycles. The maximum atomic E-state index is 11.4. The molecule has 2 rings (SSSR count). The Balaban J connectivity index is 2.22. The van der Waals surface area contributed by atoms with Gasteiger partial charge in [0.25, 0.3) is 0 Å². The molecule has 104 valence electrons. The maximum Gasteiger partial charge on any atom is 0.240 e. The molecular weight excluding hydrogens is 244 g/mol. The summed E-state index contributed by atoms with van der Waals surface area (Å²) < 4.78 is 5.50. The van der Waals surface area contributed by atoms with Gasteiger partial charge < -0.3 is 21.1 Å². The first kappa shape index (κ1) is 13.5. The summed E-state index contributed by atoms with van der Waals surface area (Å²) in [5.41, 5.74) is 11.7. The number of pyridine rings is 1. The van der Waals surface area contributed by atoms with Crippen LogP contribution < -0.4 is 21.1 Å². The fourth-order valence-corrected chi connectivity index (χ4v) is 2.25. The third-order valence-electron chi connectivity index (χ3n) is 3.19. The van der Waals surface area contributed by atoms with Crippen LogP contribution in [0.5, 0.6) is 5.88 Å². The van der Waals surface area contributed by atoms with E-state index in [0.29, 0.717) is 24.0 Å². The Morgan fingerprint density at radius 1 is 1.58 bits per heavy atom. The van der Waals surface area contributed by atoms with Gasteiger partial charge in [-0.3, -0.25) is 4.79 Å². The number of hydrogen-bond acceptors (Lipinski definition) is 5. The second kappa shape index (κ2) is 5.77. The summed E-state index contributed by atoms with van der Waals surface area (Å²) in [6, 6.07) is 3.27. The van der Waals surface area contributed by atoms with Crippen LogP contribution in [0.4, 0.5) is 11.5 Å². The fraction of sp³-hybridized carbons (Fsp3) is 0.538. The van der Waals surface area contributed by atoms with Crippen LogP contribution in [0.15, 0.2) is 12.1 Å². The molecule has 2 heterocycles. The molecule has 6 heteroatoms. The Bertz CT molecular complexity index is 464. The van der Waals surface area contributed by atoms with Crippen molar-refractivity contribution in [3.8, 4) is 5.88 Å². The Morgan fingerprint density at radius 2 is 2.37 bits per heavy atom. The predicted octanol–water partition coefficient (Wildman–Crippen LogP) is 0.907. The summed E-state index contributed by atoms with van der Waals surface area (Å²) >= 11 is 0. The van der Waals surface area contributed by atoms with Crippen molar-refractivity contribution in [1.82, 2.24) is 4.98 Å². The zero-order valence-corrected chi connectivity index (χ0v) is 11.1. The van der Waals surface area contributed by atoms with Crippen LogP contribution in [0.2, 0.25) is 0 Å². The fourth-order valence-electron chi connectivity index (χ4n) is 2.25. The number of nitrogen functional groups attached to an aromatic ring is 1. The largest absolute Gasteiger partial charge is 0.476 e. The molecule has 1 aromatic heterocycles. The maximum absolute atomic E-state index is 11.4. The highest BCUT2D eigenvalue weighted by Gasteiger charge is 2.30. The van der Waals surface area contributed by atoms with Crippen molar-refractivity contribution in [3.63, 3.8) is 0 Å². The molecule has 1 aliphatic rings. The summed E-state index contributed by atoms with van der Waals surface area (Å²) in [5.74, 6) is 0.809. The van der Waals surface area contributed by atoms with E-state index in [1.165, 1.54) is 0 Å². The van der Waals surface area contributed by atoms with Gasteiger partial charge in [0.05, 0.1) is 12.3 Å². The molecule has 19 heavy (non-hydrogen) atoms. The van der Waals surface area contributed by atoms with Gasteiger partial charge in [0.2, 0.25) is 11.8 Å². The monoisotopic (exact) mass is 264 g/mol. The number of nitrogens with two attached hydrogens (primary N) is 2. The van der Waals surface area contributed by atoms with E-state index in [4.69, 9.17) is 16.2 Å². The standard InChI is InChI=1S/C13H20N4O2/c1-2-8-19-13-9(14)5-6-11(16-13)17-7-3-4-10(17)12(15)18/h5-6,10H,2-4,7-8,14H2,1H3,(H2,15,18). The van der Waals surface area contributed by atoms with E-state index in [1.54, 1.807) is 12.1 Å². The van der Waals surface area contributed by atoms with Crippen molar-refractivity contribution < 1.29 is 9.53 Å². The van der Waals surface area contributed by atoms with Gasteiger partial charge in [0.1, 0.15) is 11.9 Å². The summed E-state index contributed by atoms with van der Waals surface area (Å²) in [7, 11) is 0. The van der Waals surface area contributed by atoms with E-state index in [9.17, 15) is 4.79 Å². The molecule has 1 aromatic rings. The first-order chi connectivity index (χ1) is 9.13. The normalized spacial score (nSPS) is 18.6. The van der Waals surface area contributed by atoms with Crippen LogP contribution in [0.1, 0.15) is 26.2 Å². The quantitative estimate of drug-likeness (QED) is 0.824. The minimum atomic E-state index is -0.313. The van der Waals surface area contributed by atoms with Crippen molar-refractivity contribution in [2.45, 2.75) is 32.2 Å². The molecule has 6 nitrogen and oxygen atoms in total. The van der Waals surface area contributed by atoms with Crippen LogP contribution >= 0.6 is 0 Å². The van der Waals surface area contributed by atoms with Crippen molar-refractivity contribution in [2.24, 2.45) is 5.73 Å². The van der Waals surface area contributed by atoms with Crippen molar-refractivity contribution in [2.75, 3.05) is 23.8 Å². The summed E-state index contributed by atoms with van der Waals surface area (Å²) in [4.78, 5) is 17.7.